The molecule has 2 rings (SSSR count). The van der Waals surface area contributed by atoms with Crippen LogP contribution in [-0.4, -0.2) is 37.4 Å². The van der Waals surface area contributed by atoms with Crippen LogP contribution in [0.2, 0.25) is 0 Å². The van der Waals surface area contributed by atoms with Crippen LogP contribution >= 0.6 is 0 Å². The lowest BCUT2D eigenvalue weighted by Gasteiger charge is -2.30. The van der Waals surface area contributed by atoms with E-state index in [0.717, 1.165) is 17.7 Å². The Morgan fingerprint density at radius 3 is 2.62 bits per heavy atom. The first kappa shape index (κ1) is 20.6. The molecule has 0 aromatic heterocycles. The number of piperidine rings is 1. The molecule has 2 atom stereocenters. The molecule has 1 aromatic carbocycles. The van der Waals surface area contributed by atoms with Gasteiger partial charge in [0.1, 0.15) is 0 Å². The van der Waals surface area contributed by atoms with Gasteiger partial charge in [-0.2, -0.15) is 9.41 Å². The topological polar surface area (TPSA) is 78.8 Å². The zero-order chi connectivity index (χ0) is 19.3. The fraction of sp³-hybridized carbons (Fsp3) is 0.579. The van der Waals surface area contributed by atoms with Crippen molar-refractivity contribution in [3.8, 4) is 0 Å². The Morgan fingerprint density at radius 1 is 1.35 bits per heavy atom. The third-order valence-corrected chi connectivity index (χ3v) is 6.96. The predicted octanol–water partition coefficient (Wildman–Crippen LogP) is 2.93. The van der Waals surface area contributed by atoms with E-state index in [-0.39, 0.29) is 23.3 Å². The molecule has 144 valence electrons. The van der Waals surface area contributed by atoms with E-state index in [0.29, 0.717) is 25.3 Å². The second-order valence-corrected chi connectivity index (χ2v) is 8.99. The van der Waals surface area contributed by atoms with E-state index in [2.05, 4.69) is 24.4 Å². The van der Waals surface area contributed by atoms with Crippen LogP contribution in [0.15, 0.2) is 34.3 Å². The first-order valence-corrected chi connectivity index (χ1v) is 10.6. The van der Waals surface area contributed by atoms with Crippen molar-refractivity contribution in [2.24, 2.45) is 16.9 Å². The van der Waals surface area contributed by atoms with E-state index in [9.17, 15) is 13.2 Å². The maximum absolute atomic E-state index is 12.8. The summed E-state index contributed by atoms with van der Waals surface area (Å²) in [6.07, 6.45) is 2.29. The fourth-order valence-corrected chi connectivity index (χ4v) is 4.40. The summed E-state index contributed by atoms with van der Waals surface area (Å²) in [6.45, 7) is 8.57. The molecule has 6 nitrogen and oxygen atoms in total. The molecule has 1 aliphatic rings. The van der Waals surface area contributed by atoms with Crippen LogP contribution in [0.25, 0.3) is 0 Å². The molecule has 1 saturated heterocycles. The number of nitrogens with zero attached hydrogens (tertiary/aromatic N) is 2. The van der Waals surface area contributed by atoms with Gasteiger partial charge in [-0.15, -0.1) is 0 Å². The van der Waals surface area contributed by atoms with E-state index in [1.54, 1.807) is 24.3 Å². The lowest BCUT2D eigenvalue weighted by Crippen LogP contribution is -2.44. The summed E-state index contributed by atoms with van der Waals surface area (Å²) in [5.74, 6) is -0.283. The molecule has 0 radical (unpaired) electrons. The number of hydrogen-bond donors (Lipinski definition) is 1. The van der Waals surface area contributed by atoms with Crippen molar-refractivity contribution in [2.75, 3.05) is 13.1 Å². The summed E-state index contributed by atoms with van der Waals surface area (Å²) in [6, 6.07) is 6.81. The first-order valence-electron chi connectivity index (χ1n) is 9.16. The highest BCUT2D eigenvalue weighted by Crippen LogP contribution is 2.24. The molecule has 0 unspecified atom stereocenters. The summed E-state index contributed by atoms with van der Waals surface area (Å²) in [5.41, 5.74) is 4.50. The number of sulfonamides is 1. The van der Waals surface area contributed by atoms with Gasteiger partial charge in [0.05, 0.1) is 10.8 Å². The molecule has 1 aromatic rings. The number of aryl methyl sites for hydroxylation is 1. The third-order valence-electron chi connectivity index (χ3n) is 5.08. The Kier molecular flexibility index (Phi) is 6.94. The average Bonchev–Trinajstić information content (AvgIpc) is 2.65. The van der Waals surface area contributed by atoms with Crippen LogP contribution in [0.1, 0.15) is 45.6 Å². The van der Waals surface area contributed by atoms with Crippen LogP contribution in [0, 0.1) is 18.8 Å². The second kappa shape index (κ2) is 8.77. The summed E-state index contributed by atoms with van der Waals surface area (Å²) >= 11 is 0. The van der Waals surface area contributed by atoms with E-state index in [1.165, 1.54) is 4.31 Å². The zero-order valence-corrected chi connectivity index (χ0v) is 16.8. The maximum Gasteiger partial charge on any atom is 0.244 e. The molecule has 1 aliphatic heterocycles. The molecule has 7 heteroatoms. The van der Waals surface area contributed by atoms with Crippen molar-refractivity contribution in [3.63, 3.8) is 0 Å². The van der Waals surface area contributed by atoms with Gasteiger partial charge in [0.2, 0.25) is 15.9 Å². The molecule has 0 saturated carbocycles. The van der Waals surface area contributed by atoms with Gasteiger partial charge in [-0.1, -0.05) is 31.5 Å². The number of hydrogen-bond acceptors (Lipinski definition) is 4. The van der Waals surface area contributed by atoms with Gasteiger partial charge in [0, 0.05) is 18.8 Å². The Balaban J connectivity index is 2.06. The number of rotatable bonds is 6. The largest absolute Gasteiger partial charge is 0.273 e. The normalized spacial score (nSPS) is 20.6. The molecule has 1 heterocycles. The van der Waals surface area contributed by atoms with Gasteiger partial charge in [-0.25, -0.2) is 13.8 Å². The number of carbonyl (C=O) groups excluding carboxylic acids is 1. The van der Waals surface area contributed by atoms with Crippen LogP contribution in [0.3, 0.4) is 0 Å². The summed E-state index contributed by atoms with van der Waals surface area (Å²) in [4.78, 5) is 12.7. The second-order valence-electron chi connectivity index (χ2n) is 7.05. The van der Waals surface area contributed by atoms with Crippen molar-refractivity contribution < 1.29 is 13.2 Å². The summed E-state index contributed by atoms with van der Waals surface area (Å²) in [7, 11) is -3.58. The monoisotopic (exact) mass is 379 g/mol. The van der Waals surface area contributed by atoms with Gasteiger partial charge >= 0.3 is 0 Å². The summed E-state index contributed by atoms with van der Waals surface area (Å²) < 4.78 is 27.1. The van der Waals surface area contributed by atoms with Crippen molar-refractivity contribution in [1.29, 1.82) is 0 Å². The minimum atomic E-state index is -3.58. The van der Waals surface area contributed by atoms with Crippen molar-refractivity contribution in [2.45, 2.75) is 51.9 Å². The lowest BCUT2D eigenvalue weighted by atomic mass is 9.99. The molecule has 26 heavy (non-hydrogen) atoms. The molecule has 1 amide bonds. The van der Waals surface area contributed by atoms with Gasteiger partial charge in [0.15, 0.2) is 0 Å². The van der Waals surface area contributed by atoms with E-state index < -0.39 is 10.0 Å². The number of benzene rings is 1. The van der Waals surface area contributed by atoms with Gasteiger partial charge in [-0.3, -0.25) is 4.79 Å². The fourth-order valence-electron chi connectivity index (χ4n) is 2.87. The Morgan fingerprint density at radius 2 is 2.00 bits per heavy atom. The average molecular weight is 380 g/mol. The maximum atomic E-state index is 12.8. The Hall–Kier alpha value is -1.73. The van der Waals surface area contributed by atoms with Gasteiger partial charge in [0.25, 0.3) is 0 Å². The first-order chi connectivity index (χ1) is 12.3. The van der Waals surface area contributed by atoms with Crippen molar-refractivity contribution in [3.05, 3.63) is 29.8 Å². The highest BCUT2D eigenvalue weighted by molar-refractivity contribution is 7.89. The van der Waals surface area contributed by atoms with Crippen molar-refractivity contribution in [1.82, 2.24) is 9.73 Å². The van der Waals surface area contributed by atoms with Crippen LogP contribution < -0.4 is 5.43 Å². The van der Waals surface area contributed by atoms with Gasteiger partial charge < -0.3 is 0 Å². The standard InChI is InChI=1S/C19H29N3O3S/c1-5-15(3)16(4)20-21-19(23)17-7-6-12-22(13-17)26(24,25)18-10-8-14(2)9-11-18/h8-11,15,17H,5-7,12-13H2,1-4H3,(H,21,23)/b20-16-/t15-,17+/m1/s1. The molecular formula is C19H29N3O3S. The van der Waals surface area contributed by atoms with E-state index in [1.807, 2.05) is 13.8 Å². The van der Waals surface area contributed by atoms with Crippen LogP contribution in [0.4, 0.5) is 0 Å². The number of nitrogens with one attached hydrogen (secondary N) is 1. The molecule has 0 spiro atoms. The SMILES string of the molecule is CC[C@@H](C)/C(C)=N\NC(=O)[C@H]1CCCN(S(=O)(=O)c2ccc(C)cc2)C1. The van der Waals surface area contributed by atoms with Crippen LogP contribution in [-0.2, 0) is 14.8 Å². The number of amides is 1. The lowest BCUT2D eigenvalue weighted by molar-refractivity contribution is -0.126. The van der Waals surface area contributed by atoms with Gasteiger partial charge in [-0.05, 0) is 51.2 Å². The highest BCUT2D eigenvalue weighted by Gasteiger charge is 2.33. The Bertz CT molecular complexity index is 757. The molecule has 1 N–H and O–H groups in total. The number of carbonyl (C=O) groups is 1. The third kappa shape index (κ3) is 4.92. The van der Waals surface area contributed by atoms with E-state index >= 15 is 0 Å². The predicted molar refractivity (Wildman–Crippen MR) is 103 cm³/mol. The number of hydrazone groups is 1. The zero-order valence-electron chi connectivity index (χ0n) is 16.0. The molecule has 0 aliphatic carbocycles. The minimum absolute atomic E-state index is 0.194. The van der Waals surface area contributed by atoms with Crippen molar-refractivity contribution >= 4 is 21.6 Å². The van der Waals surface area contributed by atoms with Crippen LogP contribution in [0.5, 0.6) is 0 Å². The highest BCUT2D eigenvalue weighted by atomic mass is 32.2. The molecule has 0 bridgehead atoms. The minimum Gasteiger partial charge on any atom is -0.273 e. The molecular weight excluding hydrogens is 350 g/mol. The Labute approximate surface area is 156 Å². The van der Waals surface area contributed by atoms with E-state index in [4.69, 9.17) is 0 Å². The molecule has 1 fully saturated rings. The smallest absolute Gasteiger partial charge is 0.244 e. The quantitative estimate of drug-likeness (QED) is 0.610. The summed E-state index contributed by atoms with van der Waals surface area (Å²) in [5, 5.41) is 4.17.